The highest BCUT2D eigenvalue weighted by atomic mass is 19.4. The molecule has 0 N–H and O–H groups in total. The predicted molar refractivity (Wildman–Crippen MR) is 82.6 cm³/mol. The highest BCUT2D eigenvalue weighted by Crippen LogP contribution is 2.38. The normalized spacial score (nSPS) is 12.3. The van der Waals surface area contributed by atoms with Crippen LogP contribution < -0.4 is 9.47 Å². The number of hydrogen-bond acceptors (Lipinski definition) is 4. The molecule has 0 aliphatic heterocycles. The molecule has 2 heterocycles. The third-order valence-electron chi connectivity index (χ3n) is 3.51. The zero-order chi connectivity index (χ0) is 19.8. The molecule has 10 heteroatoms. The Balaban J connectivity index is 2.10. The SMILES string of the molecule is COc1cccc(Oc2ccc3c(C(F)(F)F)cc(C(F)(F)F)nc3n2)c1. The van der Waals surface area contributed by atoms with Crippen LogP contribution in [0.4, 0.5) is 26.3 Å². The van der Waals surface area contributed by atoms with E-state index in [1.807, 2.05) is 0 Å². The molecule has 142 valence electrons. The number of alkyl halides is 6. The smallest absolute Gasteiger partial charge is 0.433 e. The Kier molecular flexibility index (Phi) is 4.58. The Hall–Kier alpha value is -3.04. The monoisotopic (exact) mass is 388 g/mol. The molecular weight excluding hydrogens is 378 g/mol. The van der Waals surface area contributed by atoms with E-state index in [4.69, 9.17) is 9.47 Å². The number of ether oxygens (including phenoxy) is 2. The van der Waals surface area contributed by atoms with Gasteiger partial charge in [-0.05, 0) is 24.3 Å². The second-order valence-electron chi connectivity index (χ2n) is 5.35. The summed E-state index contributed by atoms with van der Waals surface area (Å²) in [6.45, 7) is 0. The van der Waals surface area contributed by atoms with Gasteiger partial charge in [0, 0.05) is 17.5 Å². The van der Waals surface area contributed by atoms with Crippen molar-refractivity contribution in [3.8, 4) is 17.4 Å². The van der Waals surface area contributed by atoms with Gasteiger partial charge in [0.2, 0.25) is 5.88 Å². The summed E-state index contributed by atoms with van der Waals surface area (Å²) in [7, 11) is 1.43. The van der Waals surface area contributed by atoms with Crippen LogP contribution in [-0.4, -0.2) is 17.1 Å². The lowest BCUT2D eigenvalue weighted by molar-refractivity contribution is -0.144. The zero-order valence-electron chi connectivity index (χ0n) is 13.5. The van der Waals surface area contributed by atoms with E-state index >= 15 is 0 Å². The van der Waals surface area contributed by atoms with Gasteiger partial charge in [-0.15, -0.1) is 0 Å². The van der Waals surface area contributed by atoms with E-state index in [1.54, 1.807) is 12.1 Å². The first-order valence-corrected chi connectivity index (χ1v) is 7.36. The van der Waals surface area contributed by atoms with Crippen molar-refractivity contribution in [3.63, 3.8) is 0 Å². The van der Waals surface area contributed by atoms with E-state index in [2.05, 4.69) is 9.97 Å². The first-order chi connectivity index (χ1) is 12.6. The maximum Gasteiger partial charge on any atom is 0.433 e. The van der Waals surface area contributed by atoms with Crippen molar-refractivity contribution in [2.45, 2.75) is 12.4 Å². The molecule has 3 rings (SSSR count). The van der Waals surface area contributed by atoms with Gasteiger partial charge in [-0.1, -0.05) is 6.07 Å². The summed E-state index contributed by atoms with van der Waals surface area (Å²) in [6, 6.07) is 8.28. The summed E-state index contributed by atoms with van der Waals surface area (Å²) < 4.78 is 88.6. The molecule has 0 bridgehead atoms. The van der Waals surface area contributed by atoms with Crippen LogP contribution in [0.25, 0.3) is 11.0 Å². The van der Waals surface area contributed by atoms with Gasteiger partial charge < -0.3 is 9.47 Å². The third-order valence-corrected chi connectivity index (χ3v) is 3.51. The molecule has 0 unspecified atom stereocenters. The zero-order valence-corrected chi connectivity index (χ0v) is 13.5. The molecule has 0 aliphatic carbocycles. The van der Waals surface area contributed by atoms with Crippen molar-refractivity contribution in [2.75, 3.05) is 7.11 Å². The number of halogens is 6. The van der Waals surface area contributed by atoms with Crippen molar-refractivity contribution in [1.82, 2.24) is 9.97 Å². The maximum atomic E-state index is 13.1. The third kappa shape index (κ3) is 4.04. The number of methoxy groups -OCH3 is 1. The van der Waals surface area contributed by atoms with Gasteiger partial charge in [0.25, 0.3) is 0 Å². The Morgan fingerprint density at radius 1 is 0.815 bits per heavy atom. The second kappa shape index (κ2) is 6.60. The number of pyridine rings is 2. The molecule has 0 saturated heterocycles. The van der Waals surface area contributed by atoms with Crippen LogP contribution in [0.15, 0.2) is 42.5 Å². The fourth-order valence-electron chi connectivity index (χ4n) is 2.31. The molecule has 0 aliphatic rings. The summed E-state index contributed by atoms with van der Waals surface area (Å²) >= 11 is 0. The molecule has 0 amide bonds. The fraction of sp³-hybridized carbons (Fsp3) is 0.176. The number of fused-ring (bicyclic) bond motifs is 1. The topological polar surface area (TPSA) is 44.2 Å². The highest BCUT2D eigenvalue weighted by Gasteiger charge is 2.39. The summed E-state index contributed by atoms with van der Waals surface area (Å²) in [4.78, 5) is 6.92. The molecule has 1 aromatic carbocycles. The van der Waals surface area contributed by atoms with Crippen LogP contribution in [0.3, 0.4) is 0 Å². The molecule has 3 aromatic rings. The van der Waals surface area contributed by atoms with Gasteiger partial charge in [0.1, 0.15) is 17.2 Å². The first-order valence-electron chi connectivity index (χ1n) is 7.36. The maximum absolute atomic E-state index is 13.1. The lowest BCUT2D eigenvalue weighted by Gasteiger charge is -2.14. The fourth-order valence-corrected chi connectivity index (χ4v) is 2.31. The Morgan fingerprint density at radius 2 is 1.52 bits per heavy atom. The van der Waals surface area contributed by atoms with E-state index < -0.39 is 34.6 Å². The van der Waals surface area contributed by atoms with Gasteiger partial charge in [0.15, 0.2) is 5.65 Å². The minimum atomic E-state index is -5.06. The van der Waals surface area contributed by atoms with Crippen molar-refractivity contribution < 1.29 is 35.8 Å². The Labute approximate surface area is 148 Å². The average Bonchev–Trinajstić information content (AvgIpc) is 2.59. The summed E-state index contributed by atoms with van der Waals surface area (Å²) in [6.07, 6.45) is -10.1. The van der Waals surface area contributed by atoms with Gasteiger partial charge >= 0.3 is 12.4 Å². The minimum Gasteiger partial charge on any atom is -0.497 e. The average molecular weight is 388 g/mol. The molecule has 0 atom stereocenters. The van der Waals surface area contributed by atoms with Crippen LogP contribution >= 0.6 is 0 Å². The largest absolute Gasteiger partial charge is 0.497 e. The minimum absolute atomic E-state index is 0.0351. The van der Waals surface area contributed by atoms with Crippen molar-refractivity contribution >= 4 is 11.0 Å². The van der Waals surface area contributed by atoms with Crippen molar-refractivity contribution in [3.05, 3.63) is 53.7 Å². The highest BCUT2D eigenvalue weighted by molar-refractivity contribution is 5.80. The number of benzene rings is 1. The van der Waals surface area contributed by atoms with Gasteiger partial charge in [-0.2, -0.15) is 31.3 Å². The van der Waals surface area contributed by atoms with Crippen LogP contribution in [-0.2, 0) is 12.4 Å². The molecule has 0 radical (unpaired) electrons. The van der Waals surface area contributed by atoms with Crippen LogP contribution in [0.1, 0.15) is 11.3 Å². The van der Waals surface area contributed by atoms with Crippen molar-refractivity contribution in [1.29, 1.82) is 0 Å². The lowest BCUT2D eigenvalue weighted by atomic mass is 10.1. The number of nitrogens with zero attached hydrogens (tertiary/aromatic N) is 2. The van der Waals surface area contributed by atoms with Crippen LogP contribution in [0, 0.1) is 0 Å². The number of hydrogen-bond donors (Lipinski definition) is 0. The molecular formula is C17H10F6N2O2. The van der Waals surface area contributed by atoms with E-state index in [9.17, 15) is 26.3 Å². The molecule has 27 heavy (non-hydrogen) atoms. The molecule has 4 nitrogen and oxygen atoms in total. The van der Waals surface area contributed by atoms with Gasteiger partial charge in [0.05, 0.1) is 12.7 Å². The summed E-state index contributed by atoms with van der Waals surface area (Å²) in [5.41, 5.74) is -3.88. The van der Waals surface area contributed by atoms with Crippen LogP contribution in [0.5, 0.6) is 17.4 Å². The number of aromatic nitrogens is 2. The van der Waals surface area contributed by atoms with Gasteiger partial charge in [-0.25, -0.2) is 4.98 Å². The first kappa shape index (κ1) is 18.7. The summed E-state index contributed by atoms with van der Waals surface area (Å²) in [5, 5.41) is -0.562. The second-order valence-corrected chi connectivity index (χ2v) is 5.35. The van der Waals surface area contributed by atoms with Gasteiger partial charge in [-0.3, -0.25) is 0 Å². The van der Waals surface area contributed by atoms with E-state index in [0.29, 0.717) is 5.75 Å². The molecule has 2 aromatic heterocycles. The van der Waals surface area contributed by atoms with Crippen molar-refractivity contribution in [2.24, 2.45) is 0 Å². The standard InChI is InChI=1S/C17H10F6N2O2/c1-26-9-3-2-4-10(7-9)27-14-6-5-11-12(16(18,19)20)8-13(17(21,22)23)24-15(11)25-14/h2-8H,1H3. The van der Waals surface area contributed by atoms with E-state index in [0.717, 1.165) is 12.1 Å². The molecule has 0 fully saturated rings. The van der Waals surface area contributed by atoms with Crippen LogP contribution in [0.2, 0.25) is 0 Å². The Morgan fingerprint density at radius 3 is 2.15 bits per heavy atom. The predicted octanol–water partition coefficient (Wildman–Crippen LogP) is 5.47. The Bertz CT molecular complexity index is 985. The quantitative estimate of drug-likeness (QED) is 0.559. The number of rotatable bonds is 3. The lowest BCUT2D eigenvalue weighted by Crippen LogP contribution is -2.14. The molecule has 0 saturated carbocycles. The molecule has 0 spiro atoms. The van der Waals surface area contributed by atoms with E-state index in [-0.39, 0.29) is 17.7 Å². The summed E-state index contributed by atoms with van der Waals surface area (Å²) in [5.74, 6) is 0.477. The van der Waals surface area contributed by atoms with E-state index in [1.165, 1.54) is 19.2 Å².